The molecule has 0 fully saturated rings. The maximum Gasteiger partial charge on any atom is 0.234 e. The lowest BCUT2D eigenvalue weighted by Gasteiger charge is -2.08. The molecular formula is C16H18N6O2S. The van der Waals surface area contributed by atoms with E-state index >= 15 is 0 Å². The first kappa shape index (κ1) is 17.0. The molecule has 0 unspecified atom stereocenters. The Bertz CT molecular complexity index is 852. The number of anilines is 1. The fraction of sp³-hybridized carbons (Fsp3) is 0.250. The smallest absolute Gasteiger partial charge is 0.234 e. The van der Waals surface area contributed by atoms with Gasteiger partial charge in [-0.15, -0.1) is 10.2 Å². The van der Waals surface area contributed by atoms with Crippen molar-refractivity contribution in [2.45, 2.75) is 19.0 Å². The number of thioether (sulfide) groups is 1. The molecule has 0 atom stereocenters. The molecule has 0 aliphatic carbocycles. The van der Waals surface area contributed by atoms with E-state index in [-0.39, 0.29) is 11.7 Å². The summed E-state index contributed by atoms with van der Waals surface area (Å²) in [6, 6.07) is 7.54. The third kappa shape index (κ3) is 3.82. The summed E-state index contributed by atoms with van der Waals surface area (Å²) in [5.41, 5.74) is 3.21. The number of hydrogen-bond acceptors (Lipinski definition) is 6. The van der Waals surface area contributed by atoms with Crippen LogP contribution in [0.5, 0.6) is 5.75 Å². The molecule has 8 nitrogen and oxygen atoms in total. The minimum atomic E-state index is -0.123. The first-order valence-electron chi connectivity index (χ1n) is 7.57. The largest absolute Gasteiger partial charge is 0.497 e. The van der Waals surface area contributed by atoms with E-state index in [1.165, 1.54) is 11.8 Å². The zero-order valence-electron chi connectivity index (χ0n) is 14.1. The minimum absolute atomic E-state index is 0.123. The first-order valence-corrected chi connectivity index (χ1v) is 8.55. The number of H-pyrrole nitrogens is 1. The summed E-state index contributed by atoms with van der Waals surface area (Å²) < 4.78 is 6.98. The van der Waals surface area contributed by atoms with Gasteiger partial charge in [0, 0.05) is 5.69 Å². The van der Waals surface area contributed by atoms with E-state index in [1.807, 2.05) is 42.7 Å². The quantitative estimate of drug-likeness (QED) is 0.657. The zero-order chi connectivity index (χ0) is 17.8. The second-order valence-electron chi connectivity index (χ2n) is 5.33. The lowest BCUT2D eigenvalue weighted by Crippen LogP contribution is -2.15. The Balaban J connectivity index is 1.66. The molecule has 130 valence electrons. The van der Waals surface area contributed by atoms with Gasteiger partial charge < -0.3 is 10.1 Å². The lowest BCUT2D eigenvalue weighted by molar-refractivity contribution is -0.113. The minimum Gasteiger partial charge on any atom is -0.497 e. The van der Waals surface area contributed by atoms with Crippen LogP contribution in [0.25, 0.3) is 5.69 Å². The molecule has 2 heterocycles. The molecule has 2 aromatic heterocycles. The molecular weight excluding hydrogens is 340 g/mol. The van der Waals surface area contributed by atoms with Crippen LogP contribution in [0.15, 0.2) is 35.7 Å². The Labute approximate surface area is 149 Å². The van der Waals surface area contributed by atoms with Crippen molar-refractivity contribution >= 4 is 23.4 Å². The normalized spacial score (nSPS) is 10.7. The molecule has 3 aromatic rings. The number of carbonyl (C=O) groups excluding carboxylic acids is 1. The molecule has 3 rings (SSSR count). The van der Waals surface area contributed by atoms with Gasteiger partial charge in [0.1, 0.15) is 12.1 Å². The van der Waals surface area contributed by atoms with Crippen molar-refractivity contribution in [3.8, 4) is 11.4 Å². The molecule has 2 N–H and O–H groups in total. The molecule has 1 aromatic carbocycles. The summed E-state index contributed by atoms with van der Waals surface area (Å²) in [5.74, 6) is 0.872. The summed E-state index contributed by atoms with van der Waals surface area (Å²) in [5, 5.41) is 18.4. The van der Waals surface area contributed by atoms with Gasteiger partial charge in [0.2, 0.25) is 5.91 Å². The molecule has 0 bridgehead atoms. The van der Waals surface area contributed by atoms with Crippen LogP contribution in [0, 0.1) is 13.8 Å². The van der Waals surface area contributed by atoms with Crippen LogP contribution in [-0.2, 0) is 4.79 Å². The van der Waals surface area contributed by atoms with E-state index < -0.39 is 0 Å². The van der Waals surface area contributed by atoms with Crippen LogP contribution in [0.4, 0.5) is 5.69 Å². The standard InChI is InChI=1S/C16H18N6O2S/c1-10-15(11(2)20-19-10)18-14(23)8-25-16-21-17-9-22(16)12-4-6-13(24-3)7-5-12/h4-7,9H,8H2,1-3H3,(H,18,23)(H,19,20). The third-order valence-electron chi connectivity index (χ3n) is 3.59. The van der Waals surface area contributed by atoms with Crippen molar-refractivity contribution in [2.24, 2.45) is 0 Å². The topological polar surface area (TPSA) is 97.7 Å². The molecule has 0 spiro atoms. The summed E-state index contributed by atoms with van der Waals surface area (Å²) in [6.45, 7) is 3.70. The fourth-order valence-corrected chi connectivity index (χ4v) is 3.01. The van der Waals surface area contributed by atoms with Gasteiger partial charge in [0.25, 0.3) is 0 Å². The van der Waals surface area contributed by atoms with E-state index in [4.69, 9.17) is 4.74 Å². The van der Waals surface area contributed by atoms with Gasteiger partial charge in [0.05, 0.1) is 29.9 Å². The molecule has 0 radical (unpaired) electrons. The van der Waals surface area contributed by atoms with Crippen LogP contribution >= 0.6 is 11.8 Å². The highest BCUT2D eigenvalue weighted by atomic mass is 32.2. The highest BCUT2D eigenvalue weighted by Gasteiger charge is 2.13. The van der Waals surface area contributed by atoms with E-state index in [0.717, 1.165) is 28.5 Å². The number of aryl methyl sites for hydroxylation is 2. The van der Waals surface area contributed by atoms with Crippen LogP contribution < -0.4 is 10.1 Å². The number of amides is 1. The van der Waals surface area contributed by atoms with Crippen molar-refractivity contribution in [1.82, 2.24) is 25.0 Å². The van der Waals surface area contributed by atoms with E-state index in [0.29, 0.717) is 5.16 Å². The Hall–Kier alpha value is -2.81. The van der Waals surface area contributed by atoms with Gasteiger partial charge in [-0.3, -0.25) is 14.5 Å². The molecule has 1 amide bonds. The Morgan fingerprint density at radius 2 is 2.08 bits per heavy atom. The highest BCUT2D eigenvalue weighted by molar-refractivity contribution is 7.99. The van der Waals surface area contributed by atoms with Gasteiger partial charge >= 0.3 is 0 Å². The number of nitrogens with zero attached hydrogens (tertiary/aromatic N) is 4. The third-order valence-corrected chi connectivity index (χ3v) is 4.54. The highest BCUT2D eigenvalue weighted by Crippen LogP contribution is 2.22. The van der Waals surface area contributed by atoms with Crippen LogP contribution in [-0.4, -0.2) is 43.7 Å². The van der Waals surface area contributed by atoms with E-state index in [1.54, 1.807) is 13.4 Å². The monoisotopic (exact) mass is 358 g/mol. The summed E-state index contributed by atoms with van der Waals surface area (Å²) in [7, 11) is 1.62. The second kappa shape index (κ2) is 7.39. The molecule has 0 saturated carbocycles. The summed E-state index contributed by atoms with van der Waals surface area (Å²) in [4.78, 5) is 12.2. The van der Waals surface area contributed by atoms with Crippen molar-refractivity contribution in [3.63, 3.8) is 0 Å². The summed E-state index contributed by atoms with van der Waals surface area (Å²) >= 11 is 1.32. The number of rotatable bonds is 6. The van der Waals surface area contributed by atoms with Crippen LogP contribution in [0.3, 0.4) is 0 Å². The number of hydrogen-bond donors (Lipinski definition) is 2. The van der Waals surface area contributed by atoms with E-state index in [2.05, 4.69) is 25.7 Å². The molecule has 9 heteroatoms. The van der Waals surface area contributed by atoms with Gasteiger partial charge in [0.15, 0.2) is 5.16 Å². The number of nitrogens with one attached hydrogen (secondary N) is 2. The van der Waals surface area contributed by atoms with Gasteiger partial charge in [-0.2, -0.15) is 5.10 Å². The van der Waals surface area contributed by atoms with Crippen molar-refractivity contribution in [3.05, 3.63) is 42.0 Å². The Morgan fingerprint density at radius 3 is 2.72 bits per heavy atom. The Kier molecular flexibility index (Phi) is 5.03. The average molecular weight is 358 g/mol. The molecule has 0 aliphatic heterocycles. The number of ether oxygens (including phenoxy) is 1. The first-order chi connectivity index (χ1) is 12.1. The van der Waals surface area contributed by atoms with Gasteiger partial charge in [-0.25, -0.2) is 0 Å². The predicted octanol–water partition coefficient (Wildman–Crippen LogP) is 2.35. The van der Waals surface area contributed by atoms with Gasteiger partial charge in [-0.1, -0.05) is 11.8 Å². The Morgan fingerprint density at radius 1 is 1.32 bits per heavy atom. The van der Waals surface area contributed by atoms with Gasteiger partial charge in [-0.05, 0) is 38.1 Å². The SMILES string of the molecule is COc1ccc(-n2cnnc2SCC(=O)Nc2c(C)n[nH]c2C)cc1. The molecule has 0 aliphatic rings. The van der Waals surface area contributed by atoms with Crippen molar-refractivity contribution < 1.29 is 9.53 Å². The maximum absolute atomic E-state index is 12.2. The second-order valence-corrected chi connectivity index (χ2v) is 6.27. The number of aromatic amines is 1. The van der Waals surface area contributed by atoms with Crippen molar-refractivity contribution in [2.75, 3.05) is 18.2 Å². The maximum atomic E-state index is 12.2. The number of aromatic nitrogens is 5. The number of carbonyl (C=O) groups is 1. The number of methoxy groups -OCH3 is 1. The lowest BCUT2D eigenvalue weighted by atomic mass is 10.3. The van der Waals surface area contributed by atoms with Crippen molar-refractivity contribution in [1.29, 1.82) is 0 Å². The summed E-state index contributed by atoms with van der Waals surface area (Å²) in [6.07, 6.45) is 1.62. The molecule has 25 heavy (non-hydrogen) atoms. The zero-order valence-corrected chi connectivity index (χ0v) is 14.9. The predicted molar refractivity (Wildman–Crippen MR) is 95.3 cm³/mol. The fourth-order valence-electron chi connectivity index (χ4n) is 2.28. The number of benzene rings is 1. The van der Waals surface area contributed by atoms with Crippen LogP contribution in [0.1, 0.15) is 11.4 Å². The van der Waals surface area contributed by atoms with E-state index in [9.17, 15) is 4.79 Å². The molecule has 0 saturated heterocycles. The average Bonchev–Trinajstić information content (AvgIpc) is 3.22. The van der Waals surface area contributed by atoms with Crippen LogP contribution in [0.2, 0.25) is 0 Å².